The van der Waals surface area contributed by atoms with Gasteiger partial charge < -0.3 is 5.11 Å². The highest BCUT2D eigenvalue weighted by Crippen LogP contribution is 2.37. The van der Waals surface area contributed by atoms with Crippen LogP contribution >= 0.6 is 0 Å². The number of ketones is 1. The third-order valence-electron chi connectivity index (χ3n) is 6.93. The number of carbonyl (C=O) groups is 2. The molecule has 0 radical (unpaired) electrons. The minimum Gasteiger partial charge on any atom is -0.481 e. The Morgan fingerprint density at radius 2 is 1.49 bits per heavy atom. The fourth-order valence-corrected chi connectivity index (χ4v) is 4.88. The number of hydrogen-bond donors (Lipinski definition) is 1. The maximum Gasteiger partial charge on any atom is 0.304 e. The average molecular weight is 559 g/mol. The summed E-state index contributed by atoms with van der Waals surface area (Å²) < 4.78 is 0. The third kappa shape index (κ3) is 10.7. The molecule has 0 aliphatic carbocycles. The van der Waals surface area contributed by atoms with E-state index in [4.69, 9.17) is 0 Å². The van der Waals surface area contributed by atoms with E-state index in [2.05, 4.69) is 56.1 Å². The van der Waals surface area contributed by atoms with Gasteiger partial charge in [0.25, 0.3) is 0 Å². The lowest BCUT2D eigenvalue weighted by Gasteiger charge is -2.21. The Morgan fingerprint density at radius 3 is 2.00 bits per heavy atom. The molecule has 1 N–H and O–H groups in total. The van der Waals surface area contributed by atoms with Crippen molar-refractivity contribution in [3.63, 3.8) is 0 Å². The Bertz CT molecular complexity index is 1320. The number of aliphatic carboxylic acids is 1. The maximum atomic E-state index is 11.6. The highest BCUT2D eigenvalue weighted by atomic mass is 16.4. The Hall–Kier alpha value is -3.60. The molecular weight excluding hydrogens is 508 g/mol. The van der Waals surface area contributed by atoms with Gasteiger partial charge in [0.15, 0.2) is 5.78 Å². The van der Waals surface area contributed by atoms with Crippen LogP contribution < -0.4 is 0 Å². The predicted octanol–water partition coefficient (Wildman–Crippen LogP) is 10.1. The summed E-state index contributed by atoms with van der Waals surface area (Å²) in [5.41, 5.74) is 10.7. The van der Waals surface area contributed by atoms with Gasteiger partial charge in [-0.15, -0.1) is 0 Å². The molecule has 1 unspecified atom stereocenters. The van der Waals surface area contributed by atoms with Gasteiger partial charge in [-0.2, -0.15) is 10.2 Å². The molecule has 0 fully saturated rings. The molecule has 0 saturated heterocycles. The molecule has 0 aromatic heterocycles. The Labute approximate surface area is 248 Å². The summed E-state index contributed by atoms with van der Waals surface area (Å²) in [6, 6.07) is 16.4. The van der Waals surface area contributed by atoms with Gasteiger partial charge in [-0.1, -0.05) is 88.6 Å². The number of Topliss-reactive ketones (excluding diaryl/α,β-unsaturated/α-hetero) is 1. The topological polar surface area (TPSA) is 79.1 Å². The van der Waals surface area contributed by atoms with E-state index in [1.165, 1.54) is 17.5 Å². The van der Waals surface area contributed by atoms with Crippen LogP contribution in [0, 0.1) is 27.7 Å². The van der Waals surface area contributed by atoms with Crippen molar-refractivity contribution in [2.24, 2.45) is 10.2 Å². The lowest BCUT2D eigenvalue weighted by atomic mass is 9.83. The van der Waals surface area contributed by atoms with Crippen molar-refractivity contribution < 1.29 is 14.7 Å². The SMILES string of the molecule is CC(=O)c1cc(C)ccc1C.CCC.CCCc1ccc(C(CC(=O)O)c2ccc(C)c(N=NC)c2C)cc1CC. The molecule has 3 aromatic carbocycles. The summed E-state index contributed by atoms with van der Waals surface area (Å²) >= 11 is 0. The molecule has 1 atom stereocenters. The zero-order valence-corrected chi connectivity index (χ0v) is 26.9. The van der Waals surface area contributed by atoms with Crippen LogP contribution in [0.25, 0.3) is 0 Å². The summed E-state index contributed by atoms with van der Waals surface area (Å²) in [7, 11) is 1.65. The average Bonchev–Trinajstić information content (AvgIpc) is 2.92. The van der Waals surface area contributed by atoms with Crippen molar-refractivity contribution in [1.82, 2.24) is 0 Å². The number of carboxylic acid groups (broad SMARTS) is 1. The Balaban J connectivity index is 0.000000496. The molecule has 0 aliphatic heterocycles. The zero-order valence-electron chi connectivity index (χ0n) is 26.9. The second-order valence-electron chi connectivity index (χ2n) is 10.6. The molecule has 0 bridgehead atoms. The van der Waals surface area contributed by atoms with Crippen LogP contribution in [0.1, 0.15) is 115 Å². The van der Waals surface area contributed by atoms with Crippen LogP contribution in [0.3, 0.4) is 0 Å². The number of benzene rings is 3. The minimum absolute atomic E-state index is 0.0584. The zero-order chi connectivity index (χ0) is 31.1. The molecule has 0 spiro atoms. The number of nitrogens with zero attached hydrogens (tertiary/aromatic N) is 2. The van der Waals surface area contributed by atoms with E-state index in [1.807, 2.05) is 58.0 Å². The molecule has 3 aromatic rings. The first kappa shape index (κ1) is 35.4. The molecule has 3 rings (SSSR count). The summed E-state index contributed by atoms with van der Waals surface area (Å²) in [5.74, 6) is -0.851. The summed E-state index contributed by atoms with van der Waals surface area (Å²) in [6.45, 7) is 18.1. The summed E-state index contributed by atoms with van der Waals surface area (Å²) in [6.07, 6.45) is 4.42. The van der Waals surface area contributed by atoms with Crippen LogP contribution in [-0.4, -0.2) is 23.9 Å². The van der Waals surface area contributed by atoms with Gasteiger partial charge in [-0.05, 0) is 92.5 Å². The van der Waals surface area contributed by atoms with E-state index < -0.39 is 5.97 Å². The molecule has 41 heavy (non-hydrogen) atoms. The second kappa shape index (κ2) is 18.0. The first-order chi connectivity index (χ1) is 19.4. The van der Waals surface area contributed by atoms with Crippen molar-refractivity contribution in [3.8, 4) is 0 Å². The fourth-order valence-electron chi connectivity index (χ4n) is 4.88. The number of hydrogen-bond acceptors (Lipinski definition) is 4. The van der Waals surface area contributed by atoms with Gasteiger partial charge in [0.1, 0.15) is 0 Å². The third-order valence-corrected chi connectivity index (χ3v) is 6.93. The molecule has 0 aliphatic rings. The number of azo groups is 1. The van der Waals surface area contributed by atoms with Crippen molar-refractivity contribution >= 4 is 17.4 Å². The fraction of sp³-hybridized carbons (Fsp3) is 0.444. The number of carbonyl (C=O) groups excluding carboxylic acids is 1. The van der Waals surface area contributed by atoms with Crippen LogP contribution in [0.4, 0.5) is 5.69 Å². The maximum absolute atomic E-state index is 11.6. The van der Waals surface area contributed by atoms with Gasteiger partial charge >= 0.3 is 5.97 Å². The van der Waals surface area contributed by atoms with Gasteiger partial charge in [-0.3, -0.25) is 9.59 Å². The minimum atomic E-state index is -0.797. The van der Waals surface area contributed by atoms with Crippen LogP contribution in [-0.2, 0) is 17.6 Å². The van der Waals surface area contributed by atoms with Gasteiger partial charge in [0.2, 0.25) is 0 Å². The normalized spacial score (nSPS) is 11.3. The largest absolute Gasteiger partial charge is 0.481 e. The van der Waals surface area contributed by atoms with Crippen LogP contribution in [0.2, 0.25) is 0 Å². The van der Waals surface area contributed by atoms with Crippen molar-refractivity contribution in [2.75, 3.05) is 7.05 Å². The quantitative estimate of drug-likeness (QED) is 0.210. The molecular formula is C36H50N2O3. The number of aryl methyl sites for hydroxylation is 5. The van der Waals surface area contributed by atoms with E-state index in [9.17, 15) is 14.7 Å². The van der Waals surface area contributed by atoms with E-state index in [1.54, 1.807) is 14.0 Å². The summed E-state index contributed by atoms with van der Waals surface area (Å²) in [5, 5.41) is 17.7. The monoisotopic (exact) mass is 558 g/mol. The molecule has 0 amide bonds. The lowest BCUT2D eigenvalue weighted by molar-refractivity contribution is -0.137. The molecule has 0 heterocycles. The number of rotatable bonds is 9. The molecule has 5 heteroatoms. The van der Waals surface area contributed by atoms with Gasteiger partial charge in [-0.25, -0.2) is 0 Å². The lowest BCUT2D eigenvalue weighted by Crippen LogP contribution is -2.10. The van der Waals surface area contributed by atoms with Crippen molar-refractivity contribution in [2.45, 2.75) is 100 Å². The van der Waals surface area contributed by atoms with Crippen molar-refractivity contribution in [3.05, 3.63) is 98.6 Å². The van der Waals surface area contributed by atoms with E-state index >= 15 is 0 Å². The highest BCUT2D eigenvalue weighted by Gasteiger charge is 2.22. The van der Waals surface area contributed by atoms with Crippen LogP contribution in [0.15, 0.2) is 58.8 Å². The number of carboxylic acids is 1. The van der Waals surface area contributed by atoms with Crippen LogP contribution in [0.5, 0.6) is 0 Å². The first-order valence-electron chi connectivity index (χ1n) is 14.8. The summed E-state index contributed by atoms with van der Waals surface area (Å²) in [4.78, 5) is 22.6. The molecule has 5 nitrogen and oxygen atoms in total. The smallest absolute Gasteiger partial charge is 0.304 e. The van der Waals surface area contributed by atoms with Gasteiger partial charge in [0, 0.05) is 18.5 Å². The Kier molecular flexibility index (Phi) is 15.5. The van der Waals surface area contributed by atoms with Gasteiger partial charge in [0.05, 0.1) is 12.1 Å². The van der Waals surface area contributed by atoms with E-state index in [-0.39, 0.29) is 18.1 Å². The highest BCUT2D eigenvalue weighted by molar-refractivity contribution is 5.95. The molecule has 0 saturated carbocycles. The predicted molar refractivity (Wildman–Crippen MR) is 172 cm³/mol. The van der Waals surface area contributed by atoms with E-state index in [0.29, 0.717) is 0 Å². The Morgan fingerprint density at radius 1 is 0.854 bits per heavy atom. The standard InChI is InChI=1S/C23H30N2O2.C10H12O.C3H8/c1-6-8-18-10-11-19(13-17(18)7-2)21(14-22(26)27)20-12-9-15(3)23(16(20)4)25-24-5;1-7-4-5-8(2)10(6-7)9(3)11;1-3-2/h9-13,21H,6-8,14H2,1-5H3,(H,26,27);4-6H,1-3H3;3H2,1-2H3. The van der Waals surface area contributed by atoms with Crippen molar-refractivity contribution in [1.29, 1.82) is 0 Å². The first-order valence-corrected chi connectivity index (χ1v) is 14.8. The second-order valence-corrected chi connectivity index (χ2v) is 10.6. The molecule has 222 valence electrons. The van der Waals surface area contributed by atoms with E-state index in [0.717, 1.165) is 63.9 Å².